The summed E-state index contributed by atoms with van der Waals surface area (Å²) in [6.07, 6.45) is 2.99. The zero-order valence-electron chi connectivity index (χ0n) is 14.0. The number of carbonyl (C=O) groups is 1. The molecule has 0 unspecified atom stereocenters. The summed E-state index contributed by atoms with van der Waals surface area (Å²) in [4.78, 5) is 27.4. The summed E-state index contributed by atoms with van der Waals surface area (Å²) in [6, 6.07) is 9.69. The van der Waals surface area contributed by atoms with Gasteiger partial charge in [0.1, 0.15) is 11.7 Å². The molecule has 2 fully saturated rings. The number of aromatic nitrogens is 2. The van der Waals surface area contributed by atoms with E-state index in [-0.39, 0.29) is 17.5 Å². The smallest absolute Gasteiger partial charge is 0.295 e. The zero-order valence-corrected chi connectivity index (χ0v) is 14.0. The minimum absolute atomic E-state index is 0.112. The van der Waals surface area contributed by atoms with Gasteiger partial charge in [-0.25, -0.2) is 4.68 Å². The largest absolute Gasteiger partial charge is 0.368 e. The second kappa shape index (κ2) is 5.54. The minimum Gasteiger partial charge on any atom is -0.368 e. The molecule has 6 heteroatoms. The van der Waals surface area contributed by atoms with Gasteiger partial charge in [0.15, 0.2) is 0 Å². The summed E-state index contributed by atoms with van der Waals surface area (Å²) in [7, 11) is 1.86. The summed E-state index contributed by atoms with van der Waals surface area (Å²) >= 11 is 0. The highest BCUT2D eigenvalue weighted by Gasteiger charge is 2.40. The van der Waals surface area contributed by atoms with Crippen molar-refractivity contribution >= 4 is 11.6 Å². The highest BCUT2D eigenvalue weighted by molar-refractivity contribution is 5.87. The fraction of sp³-hybridized carbons (Fsp3) is 0.444. The van der Waals surface area contributed by atoms with Gasteiger partial charge in [-0.1, -0.05) is 18.2 Å². The number of para-hydroxylation sites is 1. The molecule has 1 atom stereocenters. The van der Waals surface area contributed by atoms with E-state index in [1.54, 1.807) is 4.68 Å². The topological polar surface area (TPSA) is 59.3 Å². The zero-order chi connectivity index (χ0) is 16.8. The molecule has 1 amide bonds. The molecular formula is C18H22N4O2. The third kappa shape index (κ3) is 2.33. The van der Waals surface area contributed by atoms with Crippen molar-refractivity contribution in [3.8, 4) is 5.69 Å². The summed E-state index contributed by atoms with van der Waals surface area (Å²) < 4.78 is 3.47. The van der Waals surface area contributed by atoms with Gasteiger partial charge in [0, 0.05) is 19.6 Å². The SMILES string of the molecule is Cc1c(N[C@H]2CCN(C3CC3)C2=O)c(=O)n(-c2ccccc2)n1C. The number of amides is 1. The van der Waals surface area contributed by atoms with Crippen molar-refractivity contribution in [3.05, 3.63) is 46.4 Å². The lowest BCUT2D eigenvalue weighted by atomic mass is 10.2. The first-order valence-electron chi connectivity index (χ1n) is 8.49. The number of benzene rings is 1. The molecular weight excluding hydrogens is 304 g/mol. The summed E-state index contributed by atoms with van der Waals surface area (Å²) in [5, 5.41) is 3.23. The number of hydrogen-bond donors (Lipinski definition) is 1. The fourth-order valence-electron chi connectivity index (χ4n) is 3.49. The van der Waals surface area contributed by atoms with E-state index in [2.05, 4.69) is 5.32 Å². The lowest BCUT2D eigenvalue weighted by molar-refractivity contribution is -0.128. The predicted molar refractivity (Wildman–Crippen MR) is 92.5 cm³/mol. The third-order valence-corrected chi connectivity index (χ3v) is 5.10. The van der Waals surface area contributed by atoms with Crippen LogP contribution >= 0.6 is 0 Å². The summed E-state index contributed by atoms with van der Waals surface area (Å²) in [6.45, 7) is 2.70. The van der Waals surface area contributed by atoms with Gasteiger partial charge in [0.25, 0.3) is 5.56 Å². The lowest BCUT2D eigenvalue weighted by Gasteiger charge is -2.16. The Morgan fingerprint density at radius 1 is 1.08 bits per heavy atom. The van der Waals surface area contributed by atoms with E-state index in [0.29, 0.717) is 11.7 Å². The van der Waals surface area contributed by atoms with Crippen LogP contribution in [-0.4, -0.2) is 38.8 Å². The molecule has 2 aliphatic rings. The van der Waals surface area contributed by atoms with Crippen LogP contribution in [0, 0.1) is 6.92 Å². The van der Waals surface area contributed by atoms with E-state index >= 15 is 0 Å². The third-order valence-electron chi connectivity index (χ3n) is 5.10. The van der Waals surface area contributed by atoms with Crippen molar-refractivity contribution in [2.24, 2.45) is 7.05 Å². The normalized spacial score (nSPS) is 20.7. The highest BCUT2D eigenvalue weighted by Crippen LogP contribution is 2.31. The van der Waals surface area contributed by atoms with Gasteiger partial charge in [-0.15, -0.1) is 0 Å². The van der Waals surface area contributed by atoms with Gasteiger partial charge >= 0.3 is 0 Å². The predicted octanol–water partition coefficient (Wildman–Crippen LogP) is 1.66. The number of carbonyl (C=O) groups excluding carboxylic acids is 1. The van der Waals surface area contributed by atoms with Crippen molar-refractivity contribution < 1.29 is 4.79 Å². The van der Waals surface area contributed by atoms with Gasteiger partial charge in [-0.3, -0.25) is 14.3 Å². The molecule has 1 aliphatic carbocycles. The second-order valence-corrected chi connectivity index (χ2v) is 6.68. The van der Waals surface area contributed by atoms with Crippen LogP contribution in [0.15, 0.2) is 35.1 Å². The second-order valence-electron chi connectivity index (χ2n) is 6.68. The Kier molecular flexibility index (Phi) is 3.48. The van der Waals surface area contributed by atoms with E-state index < -0.39 is 0 Å². The molecule has 0 spiro atoms. The molecule has 2 aromatic rings. The fourth-order valence-corrected chi connectivity index (χ4v) is 3.49. The van der Waals surface area contributed by atoms with Crippen LogP contribution in [0.4, 0.5) is 5.69 Å². The van der Waals surface area contributed by atoms with Crippen LogP contribution in [0.3, 0.4) is 0 Å². The van der Waals surface area contributed by atoms with Crippen LogP contribution in [0.5, 0.6) is 0 Å². The monoisotopic (exact) mass is 326 g/mol. The molecule has 24 heavy (non-hydrogen) atoms. The number of rotatable bonds is 4. The molecule has 1 aliphatic heterocycles. The maximum Gasteiger partial charge on any atom is 0.295 e. The molecule has 1 aromatic carbocycles. The van der Waals surface area contributed by atoms with Crippen molar-refractivity contribution in [1.82, 2.24) is 14.3 Å². The maximum absolute atomic E-state index is 12.9. The van der Waals surface area contributed by atoms with E-state index in [9.17, 15) is 9.59 Å². The molecule has 4 rings (SSSR count). The van der Waals surface area contributed by atoms with E-state index in [1.165, 1.54) is 0 Å². The van der Waals surface area contributed by atoms with E-state index in [4.69, 9.17) is 0 Å². The van der Waals surface area contributed by atoms with Gasteiger partial charge < -0.3 is 10.2 Å². The Morgan fingerprint density at radius 2 is 1.79 bits per heavy atom. The van der Waals surface area contributed by atoms with Gasteiger partial charge in [0.2, 0.25) is 5.91 Å². The number of hydrogen-bond acceptors (Lipinski definition) is 3. The van der Waals surface area contributed by atoms with Crippen molar-refractivity contribution in [1.29, 1.82) is 0 Å². The summed E-state index contributed by atoms with van der Waals surface area (Å²) in [5.74, 6) is 0.131. The van der Waals surface area contributed by atoms with Crippen LogP contribution in [0.25, 0.3) is 5.69 Å². The van der Waals surface area contributed by atoms with Crippen molar-refractivity contribution in [3.63, 3.8) is 0 Å². The maximum atomic E-state index is 12.9. The Labute approximate surface area is 140 Å². The molecule has 6 nitrogen and oxygen atoms in total. The highest BCUT2D eigenvalue weighted by atomic mass is 16.2. The Balaban J connectivity index is 1.65. The Bertz CT molecular complexity index is 833. The van der Waals surface area contributed by atoms with Crippen LogP contribution < -0.4 is 10.9 Å². The van der Waals surface area contributed by atoms with Gasteiger partial charge in [-0.05, 0) is 38.3 Å². The molecule has 1 saturated heterocycles. The van der Waals surface area contributed by atoms with Crippen molar-refractivity contribution in [2.45, 2.75) is 38.3 Å². The molecule has 2 heterocycles. The van der Waals surface area contributed by atoms with Crippen molar-refractivity contribution in [2.75, 3.05) is 11.9 Å². The molecule has 0 bridgehead atoms. The number of likely N-dealkylation sites (tertiary alicyclic amines) is 1. The first kappa shape index (κ1) is 15.1. The average Bonchev–Trinajstić information content (AvgIpc) is 3.33. The summed E-state index contributed by atoms with van der Waals surface area (Å²) in [5.41, 5.74) is 2.07. The molecule has 0 radical (unpaired) electrons. The number of nitrogens with zero attached hydrogens (tertiary/aromatic N) is 3. The van der Waals surface area contributed by atoms with Crippen LogP contribution in [0.2, 0.25) is 0 Å². The van der Waals surface area contributed by atoms with Gasteiger partial charge in [0.05, 0.1) is 11.4 Å². The first-order chi connectivity index (χ1) is 11.6. The van der Waals surface area contributed by atoms with Gasteiger partial charge in [-0.2, -0.15) is 0 Å². The quantitative estimate of drug-likeness (QED) is 0.929. The number of anilines is 1. The number of nitrogens with one attached hydrogen (secondary N) is 1. The molecule has 1 aromatic heterocycles. The van der Waals surface area contributed by atoms with Crippen LogP contribution in [-0.2, 0) is 11.8 Å². The minimum atomic E-state index is -0.288. The van der Waals surface area contributed by atoms with E-state index in [1.807, 2.05) is 53.9 Å². The standard InChI is InChI=1S/C18H22N4O2/c1-12-16(19-15-10-11-21(17(15)23)13-8-9-13)18(24)22(20(12)2)14-6-4-3-5-7-14/h3-7,13,15,19H,8-11H2,1-2H3/t15-/m0/s1. The average molecular weight is 326 g/mol. The lowest BCUT2D eigenvalue weighted by Crippen LogP contribution is -2.36. The Morgan fingerprint density at radius 3 is 2.46 bits per heavy atom. The molecule has 1 saturated carbocycles. The first-order valence-corrected chi connectivity index (χ1v) is 8.49. The Hall–Kier alpha value is -2.50. The molecule has 126 valence electrons. The van der Waals surface area contributed by atoms with Crippen LogP contribution in [0.1, 0.15) is 25.0 Å². The molecule has 1 N–H and O–H groups in total. The van der Waals surface area contributed by atoms with E-state index in [0.717, 1.165) is 37.2 Å².